The monoisotopic (exact) mass is 224 g/mol. The van der Waals surface area contributed by atoms with Crippen molar-refractivity contribution in [3.05, 3.63) is 47.5 Å². The maximum absolute atomic E-state index is 13.6. The molecule has 0 saturated carbocycles. The second-order valence-corrected chi connectivity index (χ2v) is 3.65. The van der Waals surface area contributed by atoms with Gasteiger partial charge in [-0.1, -0.05) is 6.07 Å². The predicted octanol–water partition coefficient (Wildman–Crippen LogP) is 3.06. The maximum Gasteiger partial charge on any atom is 0.149 e. The zero-order valence-corrected chi connectivity index (χ0v) is 9.00. The number of hydrogen-bond acceptors (Lipinski definition) is 1. The lowest BCUT2D eigenvalue weighted by molar-refractivity contribution is 0.609. The van der Waals surface area contributed by atoms with Crippen LogP contribution >= 0.6 is 11.6 Å². The molecule has 0 aliphatic carbocycles. The van der Waals surface area contributed by atoms with Gasteiger partial charge in [0, 0.05) is 12.1 Å². The first kappa shape index (κ1) is 10.2. The average Bonchev–Trinajstić information content (AvgIpc) is 2.64. The minimum absolute atomic E-state index is 0.309. The lowest BCUT2D eigenvalue weighted by Crippen LogP contribution is -1.98. The largest absolute Gasteiger partial charge is 0.238 e. The zero-order valence-electron chi connectivity index (χ0n) is 8.24. The number of hydrogen-bond donors (Lipinski definition) is 0. The normalized spacial score (nSPS) is 10.6. The van der Waals surface area contributed by atoms with E-state index in [4.69, 9.17) is 11.6 Å². The molecule has 0 atom stereocenters. The average molecular weight is 225 g/mol. The Bertz CT molecular complexity index is 479. The van der Waals surface area contributed by atoms with Crippen molar-refractivity contribution in [3.8, 4) is 5.69 Å². The summed E-state index contributed by atoms with van der Waals surface area (Å²) in [6, 6.07) is 4.90. The van der Waals surface area contributed by atoms with Crippen LogP contribution in [0.15, 0.2) is 30.6 Å². The Balaban J connectivity index is 2.45. The molecule has 1 heterocycles. The number of rotatable bonds is 2. The summed E-state index contributed by atoms with van der Waals surface area (Å²) in [5.74, 6) is 0.00579. The van der Waals surface area contributed by atoms with Crippen molar-refractivity contribution in [2.75, 3.05) is 0 Å². The molecule has 0 bridgehead atoms. The van der Waals surface area contributed by atoms with E-state index < -0.39 is 0 Å². The first-order valence-corrected chi connectivity index (χ1v) is 5.10. The summed E-state index contributed by atoms with van der Waals surface area (Å²) in [6.45, 7) is 1.91. The fraction of sp³-hybridized carbons (Fsp3) is 0.182. The number of benzene rings is 1. The first-order valence-electron chi connectivity index (χ1n) is 4.57. The van der Waals surface area contributed by atoms with Crippen LogP contribution in [0.1, 0.15) is 11.1 Å². The molecule has 0 aliphatic rings. The van der Waals surface area contributed by atoms with Crippen LogP contribution in [0.4, 0.5) is 4.39 Å². The molecule has 0 fully saturated rings. The molecule has 0 aliphatic heterocycles. The van der Waals surface area contributed by atoms with E-state index in [1.54, 1.807) is 24.5 Å². The summed E-state index contributed by atoms with van der Waals surface area (Å²) in [7, 11) is 0. The molecular weight excluding hydrogens is 215 g/mol. The second kappa shape index (κ2) is 4.03. The molecule has 0 amide bonds. The van der Waals surface area contributed by atoms with Gasteiger partial charge in [0.15, 0.2) is 0 Å². The summed E-state index contributed by atoms with van der Waals surface area (Å²) >= 11 is 5.61. The highest BCUT2D eigenvalue weighted by molar-refractivity contribution is 6.17. The lowest BCUT2D eigenvalue weighted by Gasteiger charge is -2.04. The molecule has 2 aromatic rings. The van der Waals surface area contributed by atoms with Crippen molar-refractivity contribution in [2.24, 2.45) is 0 Å². The van der Waals surface area contributed by atoms with Gasteiger partial charge >= 0.3 is 0 Å². The Kier molecular flexibility index (Phi) is 2.73. The topological polar surface area (TPSA) is 17.8 Å². The van der Waals surface area contributed by atoms with Crippen LogP contribution in [-0.2, 0) is 5.88 Å². The fourth-order valence-electron chi connectivity index (χ4n) is 1.36. The van der Waals surface area contributed by atoms with Crippen LogP contribution in [0.2, 0.25) is 0 Å². The molecule has 0 unspecified atom stereocenters. The molecule has 1 aromatic heterocycles. The fourth-order valence-corrected chi connectivity index (χ4v) is 1.53. The molecule has 0 radical (unpaired) electrons. The standard InChI is InChI=1S/C11H10ClFN2/c1-8-6-14-15(7-8)11-3-2-9(5-12)4-10(11)13/h2-4,6-7H,5H2,1H3. The van der Waals surface area contributed by atoms with Gasteiger partial charge in [-0.15, -0.1) is 11.6 Å². The third kappa shape index (κ3) is 2.02. The lowest BCUT2D eigenvalue weighted by atomic mass is 10.2. The van der Waals surface area contributed by atoms with Crippen LogP contribution in [0.3, 0.4) is 0 Å². The molecular formula is C11H10ClFN2. The van der Waals surface area contributed by atoms with E-state index in [2.05, 4.69) is 5.10 Å². The van der Waals surface area contributed by atoms with E-state index in [9.17, 15) is 4.39 Å². The summed E-state index contributed by atoms with van der Waals surface area (Å²) in [5.41, 5.74) is 2.20. The second-order valence-electron chi connectivity index (χ2n) is 3.38. The van der Waals surface area contributed by atoms with Gasteiger partial charge in [-0.05, 0) is 30.2 Å². The van der Waals surface area contributed by atoms with Gasteiger partial charge in [0.1, 0.15) is 11.5 Å². The van der Waals surface area contributed by atoms with Gasteiger partial charge in [0.05, 0.1) is 6.20 Å². The molecule has 78 valence electrons. The van der Waals surface area contributed by atoms with Gasteiger partial charge < -0.3 is 0 Å². The van der Waals surface area contributed by atoms with Crippen LogP contribution < -0.4 is 0 Å². The molecule has 15 heavy (non-hydrogen) atoms. The summed E-state index contributed by atoms with van der Waals surface area (Å²) in [6.07, 6.45) is 3.47. The Morgan fingerprint density at radius 2 is 2.27 bits per heavy atom. The van der Waals surface area contributed by atoms with Crippen LogP contribution in [-0.4, -0.2) is 9.78 Å². The number of aryl methyl sites for hydroxylation is 1. The molecule has 2 nitrogen and oxygen atoms in total. The summed E-state index contributed by atoms with van der Waals surface area (Å²) in [4.78, 5) is 0. The number of halogens is 2. The number of aromatic nitrogens is 2. The van der Waals surface area contributed by atoms with Crippen molar-refractivity contribution in [1.82, 2.24) is 9.78 Å². The minimum Gasteiger partial charge on any atom is -0.238 e. The highest BCUT2D eigenvalue weighted by Crippen LogP contribution is 2.16. The van der Waals surface area contributed by atoms with Crippen molar-refractivity contribution in [2.45, 2.75) is 12.8 Å². The number of nitrogens with zero attached hydrogens (tertiary/aromatic N) is 2. The Morgan fingerprint density at radius 3 is 2.80 bits per heavy atom. The molecule has 2 rings (SSSR count). The Hall–Kier alpha value is -1.35. The van der Waals surface area contributed by atoms with E-state index in [-0.39, 0.29) is 5.82 Å². The number of alkyl halides is 1. The third-order valence-electron chi connectivity index (χ3n) is 2.12. The van der Waals surface area contributed by atoms with Crippen LogP contribution in [0, 0.1) is 12.7 Å². The smallest absolute Gasteiger partial charge is 0.149 e. The highest BCUT2D eigenvalue weighted by Gasteiger charge is 2.06. The molecule has 0 saturated heterocycles. The Labute approximate surface area is 92.3 Å². The van der Waals surface area contributed by atoms with E-state index >= 15 is 0 Å². The maximum atomic E-state index is 13.6. The summed E-state index contributed by atoms with van der Waals surface area (Å²) < 4.78 is 15.1. The highest BCUT2D eigenvalue weighted by atomic mass is 35.5. The van der Waals surface area contributed by atoms with Gasteiger partial charge in [-0.3, -0.25) is 0 Å². The first-order chi connectivity index (χ1) is 7.20. The van der Waals surface area contributed by atoms with Gasteiger partial charge in [-0.2, -0.15) is 5.10 Å². The Morgan fingerprint density at radius 1 is 1.47 bits per heavy atom. The van der Waals surface area contributed by atoms with E-state index in [0.29, 0.717) is 11.6 Å². The van der Waals surface area contributed by atoms with Gasteiger partial charge in [0.2, 0.25) is 0 Å². The molecule has 4 heteroatoms. The van der Waals surface area contributed by atoms with Crippen LogP contribution in [0.25, 0.3) is 5.69 Å². The molecule has 0 spiro atoms. The molecule has 0 N–H and O–H groups in total. The summed E-state index contributed by atoms with van der Waals surface area (Å²) in [5, 5.41) is 4.05. The van der Waals surface area contributed by atoms with E-state index in [1.165, 1.54) is 10.7 Å². The molecule has 1 aromatic carbocycles. The van der Waals surface area contributed by atoms with E-state index in [1.807, 2.05) is 6.92 Å². The predicted molar refractivity (Wildman–Crippen MR) is 57.8 cm³/mol. The van der Waals surface area contributed by atoms with Crippen molar-refractivity contribution < 1.29 is 4.39 Å². The SMILES string of the molecule is Cc1cnn(-c2ccc(CCl)cc2F)c1. The zero-order chi connectivity index (χ0) is 10.8. The van der Waals surface area contributed by atoms with Crippen molar-refractivity contribution in [3.63, 3.8) is 0 Å². The van der Waals surface area contributed by atoms with Crippen molar-refractivity contribution in [1.29, 1.82) is 0 Å². The quantitative estimate of drug-likeness (QED) is 0.717. The third-order valence-corrected chi connectivity index (χ3v) is 2.43. The van der Waals surface area contributed by atoms with Gasteiger partial charge in [0.25, 0.3) is 0 Å². The van der Waals surface area contributed by atoms with Crippen molar-refractivity contribution >= 4 is 11.6 Å². The minimum atomic E-state index is -0.309. The van der Waals surface area contributed by atoms with E-state index in [0.717, 1.165) is 11.1 Å². The van der Waals surface area contributed by atoms with Crippen LogP contribution in [0.5, 0.6) is 0 Å². The van der Waals surface area contributed by atoms with Gasteiger partial charge in [-0.25, -0.2) is 9.07 Å².